The van der Waals surface area contributed by atoms with Gasteiger partial charge in [-0.05, 0) is 18.2 Å². The number of carbonyl (C=O) groups is 1. The van der Waals surface area contributed by atoms with Crippen molar-refractivity contribution >= 4 is 17.7 Å². The van der Waals surface area contributed by atoms with E-state index in [-0.39, 0.29) is 17.7 Å². The summed E-state index contributed by atoms with van der Waals surface area (Å²) in [7, 11) is 0. The van der Waals surface area contributed by atoms with Crippen LogP contribution in [0.2, 0.25) is 0 Å². The minimum Gasteiger partial charge on any atom is -0.493 e. The summed E-state index contributed by atoms with van der Waals surface area (Å²) in [4.78, 5) is 12.4. The third-order valence-corrected chi connectivity index (χ3v) is 5.12. The fraction of sp³-hybridized carbons (Fsp3) is 0.211. The van der Waals surface area contributed by atoms with Crippen molar-refractivity contribution in [3.63, 3.8) is 0 Å². The molecular weight excluding hydrogens is 348 g/mol. The Balaban J connectivity index is 1.40. The van der Waals surface area contributed by atoms with Gasteiger partial charge in [-0.1, -0.05) is 48.2 Å². The Bertz CT molecular complexity index is 897. The number of benzene rings is 2. The van der Waals surface area contributed by atoms with Gasteiger partial charge in [0.25, 0.3) is 0 Å². The number of nitrogens with one attached hydrogen (secondary N) is 1. The predicted octanol–water partition coefficient (Wildman–Crippen LogP) is 3.00. The SMILES string of the molecule is O=C(CSc1nncn1-c1ccccc1)NC1CCOc2ccccc21. The highest BCUT2D eigenvalue weighted by Crippen LogP contribution is 2.31. The Hall–Kier alpha value is -2.80. The Labute approximate surface area is 155 Å². The van der Waals surface area contributed by atoms with Crippen LogP contribution in [0.25, 0.3) is 5.69 Å². The van der Waals surface area contributed by atoms with Crippen LogP contribution in [0.15, 0.2) is 66.1 Å². The van der Waals surface area contributed by atoms with Crippen molar-refractivity contribution in [2.75, 3.05) is 12.4 Å². The van der Waals surface area contributed by atoms with Gasteiger partial charge in [0.05, 0.1) is 18.4 Å². The predicted molar refractivity (Wildman–Crippen MR) is 99.5 cm³/mol. The van der Waals surface area contributed by atoms with Crippen molar-refractivity contribution in [1.29, 1.82) is 0 Å². The van der Waals surface area contributed by atoms with E-state index >= 15 is 0 Å². The molecule has 1 unspecified atom stereocenters. The highest BCUT2D eigenvalue weighted by molar-refractivity contribution is 7.99. The second kappa shape index (κ2) is 7.61. The van der Waals surface area contributed by atoms with Crippen LogP contribution in [0, 0.1) is 0 Å². The number of hydrogen-bond donors (Lipinski definition) is 1. The standard InChI is InChI=1S/C19H18N4O2S/c24-18(21-16-10-11-25-17-9-5-4-8-15(16)17)12-26-19-22-20-13-23(19)14-6-2-1-3-7-14/h1-9,13,16H,10-12H2,(H,21,24). The van der Waals surface area contributed by atoms with Crippen molar-refractivity contribution in [2.24, 2.45) is 0 Å². The third kappa shape index (κ3) is 3.57. The quantitative estimate of drug-likeness (QED) is 0.703. The number of amides is 1. The van der Waals surface area contributed by atoms with E-state index in [1.807, 2.05) is 59.2 Å². The maximum Gasteiger partial charge on any atom is 0.230 e. The van der Waals surface area contributed by atoms with Crippen LogP contribution < -0.4 is 10.1 Å². The molecule has 2 aromatic carbocycles. The zero-order valence-electron chi connectivity index (χ0n) is 14.0. The van der Waals surface area contributed by atoms with E-state index in [1.165, 1.54) is 11.8 Å². The normalized spacial score (nSPS) is 15.8. The molecule has 0 fully saturated rings. The maximum absolute atomic E-state index is 12.4. The van der Waals surface area contributed by atoms with E-state index in [1.54, 1.807) is 6.33 Å². The molecule has 0 saturated carbocycles. The van der Waals surface area contributed by atoms with Crippen LogP contribution in [0.4, 0.5) is 0 Å². The Morgan fingerprint density at radius 2 is 2.00 bits per heavy atom. The molecule has 4 rings (SSSR count). The summed E-state index contributed by atoms with van der Waals surface area (Å²) in [6.45, 7) is 0.609. The van der Waals surface area contributed by atoms with Gasteiger partial charge in [-0.3, -0.25) is 9.36 Å². The highest BCUT2D eigenvalue weighted by atomic mass is 32.2. The lowest BCUT2D eigenvalue weighted by Gasteiger charge is -2.26. The van der Waals surface area contributed by atoms with Crippen LogP contribution in [0.1, 0.15) is 18.0 Å². The maximum atomic E-state index is 12.4. The number of thioether (sulfide) groups is 1. The molecule has 1 aliphatic rings. The van der Waals surface area contributed by atoms with Gasteiger partial charge in [-0.2, -0.15) is 0 Å². The topological polar surface area (TPSA) is 69.0 Å². The highest BCUT2D eigenvalue weighted by Gasteiger charge is 2.22. The average molecular weight is 366 g/mol. The van der Waals surface area contributed by atoms with Gasteiger partial charge in [0.15, 0.2) is 5.16 Å². The summed E-state index contributed by atoms with van der Waals surface area (Å²) in [5, 5.41) is 11.9. The van der Waals surface area contributed by atoms with Gasteiger partial charge >= 0.3 is 0 Å². The van der Waals surface area contributed by atoms with Gasteiger partial charge < -0.3 is 10.1 Å². The number of para-hydroxylation sites is 2. The molecular formula is C19H18N4O2S. The monoisotopic (exact) mass is 366 g/mol. The minimum atomic E-state index is -0.0284. The smallest absolute Gasteiger partial charge is 0.230 e. The summed E-state index contributed by atoms with van der Waals surface area (Å²) in [5.74, 6) is 1.10. The van der Waals surface area contributed by atoms with Crippen molar-refractivity contribution in [3.05, 3.63) is 66.5 Å². The molecule has 0 spiro atoms. The number of carbonyl (C=O) groups excluding carboxylic acids is 1. The third-order valence-electron chi connectivity index (χ3n) is 4.18. The zero-order chi connectivity index (χ0) is 17.8. The molecule has 1 amide bonds. The molecule has 0 radical (unpaired) electrons. The summed E-state index contributed by atoms with van der Waals surface area (Å²) in [6, 6.07) is 17.7. The molecule has 0 saturated heterocycles. The number of hydrogen-bond acceptors (Lipinski definition) is 5. The minimum absolute atomic E-state index is 0.0138. The van der Waals surface area contributed by atoms with Crippen molar-refractivity contribution in [2.45, 2.75) is 17.6 Å². The summed E-state index contributed by atoms with van der Waals surface area (Å²) in [5.41, 5.74) is 2.00. The number of nitrogens with zero attached hydrogens (tertiary/aromatic N) is 3. The van der Waals surface area contributed by atoms with Crippen molar-refractivity contribution in [1.82, 2.24) is 20.1 Å². The van der Waals surface area contributed by atoms with Crippen LogP contribution in [-0.4, -0.2) is 33.0 Å². The second-order valence-corrected chi connectivity index (χ2v) is 6.85. The Kier molecular flexibility index (Phi) is 4.88. The van der Waals surface area contributed by atoms with Gasteiger partial charge in [0, 0.05) is 17.7 Å². The van der Waals surface area contributed by atoms with Crippen LogP contribution >= 0.6 is 11.8 Å². The molecule has 6 nitrogen and oxygen atoms in total. The summed E-state index contributed by atoms with van der Waals surface area (Å²) in [6.07, 6.45) is 2.43. The first-order valence-corrected chi connectivity index (χ1v) is 9.39. The number of ether oxygens (including phenoxy) is 1. The van der Waals surface area contributed by atoms with Gasteiger partial charge in [-0.25, -0.2) is 0 Å². The molecule has 1 aliphatic heterocycles. The van der Waals surface area contributed by atoms with E-state index < -0.39 is 0 Å². The van der Waals surface area contributed by atoms with Crippen LogP contribution in [-0.2, 0) is 4.79 Å². The second-order valence-electron chi connectivity index (χ2n) is 5.90. The molecule has 0 bridgehead atoms. The molecule has 132 valence electrons. The molecule has 0 aliphatic carbocycles. The number of fused-ring (bicyclic) bond motifs is 1. The fourth-order valence-electron chi connectivity index (χ4n) is 2.95. The lowest BCUT2D eigenvalue weighted by molar-refractivity contribution is -0.119. The van der Waals surface area contributed by atoms with Gasteiger partial charge in [0.2, 0.25) is 5.91 Å². The van der Waals surface area contributed by atoms with E-state index in [9.17, 15) is 4.79 Å². The van der Waals surface area contributed by atoms with Crippen LogP contribution in [0.5, 0.6) is 5.75 Å². The fourth-order valence-corrected chi connectivity index (χ4v) is 3.69. The summed E-state index contributed by atoms with van der Waals surface area (Å²) < 4.78 is 7.52. The van der Waals surface area contributed by atoms with Crippen molar-refractivity contribution < 1.29 is 9.53 Å². The largest absolute Gasteiger partial charge is 0.493 e. The summed E-state index contributed by atoms with van der Waals surface area (Å²) >= 11 is 1.37. The lowest BCUT2D eigenvalue weighted by atomic mass is 10.0. The molecule has 7 heteroatoms. The zero-order valence-corrected chi connectivity index (χ0v) is 14.9. The van der Waals surface area contributed by atoms with Gasteiger partial charge in [-0.15, -0.1) is 10.2 Å². The van der Waals surface area contributed by atoms with Crippen molar-refractivity contribution in [3.8, 4) is 11.4 Å². The van der Waals surface area contributed by atoms with E-state index in [2.05, 4.69) is 15.5 Å². The van der Waals surface area contributed by atoms with E-state index in [4.69, 9.17) is 4.74 Å². The first kappa shape index (κ1) is 16.7. The Morgan fingerprint density at radius 3 is 2.88 bits per heavy atom. The molecule has 2 heterocycles. The number of aromatic nitrogens is 3. The lowest BCUT2D eigenvalue weighted by Crippen LogP contribution is -2.33. The van der Waals surface area contributed by atoms with E-state index in [0.717, 1.165) is 23.4 Å². The first-order chi connectivity index (χ1) is 12.8. The molecule has 1 atom stereocenters. The van der Waals surface area contributed by atoms with Crippen LogP contribution in [0.3, 0.4) is 0 Å². The average Bonchev–Trinajstić information content (AvgIpc) is 3.16. The Morgan fingerprint density at radius 1 is 1.19 bits per heavy atom. The molecule has 1 N–H and O–H groups in total. The van der Waals surface area contributed by atoms with E-state index in [0.29, 0.717) is 11.8 Å². The van der Waals surface area contributed by atoms with Gasteiger partial charge in [0.1, 0.15) is 12.1 Å². The molecule has 26 heavy (non-hydrogen) atoms. The molecule has 3 aromatic rings. The number of rotatable bonds is 5. The molecule has 1 aromatic heterocycles. The first-order valence-electron chi connectivity index (χ1n) is 8.40.